The standard InChI is InChI=1S/C11H23NO/c1-8-5-11(3,4)6-10(8)12-7-9(2)13/h8-10,12-13H,5-7H2,1-4H3. The van der Waals surface area contributed by atoms with Crippen LogP contribution in [-0.2, 0) is 0 Å². The van der Waals surface area contributed by atoms with Crippen LogP contribution in [0.2, 0.25) is 0 Å². The third-order valence-corrected chi connectivity index (χ3v) is 3.01. The van der Waals surface area contributed by atoms with Gasteiger partial charge in [-0.3, -0.25) is 0 Å². The Bertz CT molecular complexity index is 165. The smallest absolute Gasteiger partial charge is 0.0636 e. The van der Waals surface area contributed by atoms with Gasteiger partial charge < -0.3 is 10.4 Å². The van der Waals surface area contributed by atoms with E-state index in [1.807, 2.05) is 6.92 Å². The van der Waals surface area contributed by atoms with Gasteiger partial charge in [0.15, 0.2) is 0 Å². The Morgan fingerprint density at radius 3 is 2.46 bits per heavy atom. The number of aliphatic hydroxyl groups excluding tert-OH is 1. The van der Waals surface area contributed by atoms with Crippen molar-refractivity contribution in [2.75, 3.05) is 6.54 Å². The maximum Gasteiger partial charge on any atom is 0.0636 e. The van der Waals surface area contributed by atoms with Gasteiger partial charge >= 0.3 is 0 Å². The highest BCUT2D eigenvalue weighted by molar-refractivity contribution is 4.91. The van der Waals surface area contributed by atoms with Gasteiger partial charge in [-0.2, -0.15) is 0 Å². The topological polar surface area (TPSA) is 32.3 Å². The first-order valence-corrected chi connectivity index (χ1v) is 5.32. The first-order valence-electron chi connectivity index (χ1n) is 5.32. The minimum atomic E-state index is -0.226. The average molecular weight is 185 g/mol. The lowest BCUT2D eigenvalue weighted by Crippen LogP contribution is -2.36. The SMILES string of the molecule is CC(O)CNC1CC(C)(C)CC1C. The lowest BCUT2D eigenvalue weighted by atomic mass is 9.91. The Morgan fingerprint density at radius 2 is 2.08 bits per heavy atom. The second kappa shape index (κ2) is 3.97. The van der Waals surface area contributed by atoms with E-state index >= 15 is 0 Å². The fourth-order valence-corrected chi connectivity index (χ4v) is 2.49. The Labute approximate surface area is 81.7 Å². The van der Waals surface area contributed by atoms with Gasteiger partial charge in [0.25, 0.3) is 0 Å². The Morgan fingerprint density at radius 1 is 1.46 bits per heavy atom. The summed E-state index contributed by atoms with van der Waals surface area (Å²) in [6, 6.07) is 0.601. The molecule has 1 saturated carbocycles. The monoisotopic (exact) mass is 185 g/mol. The van der Waals surface area contributed by atoms with E-state index in [0.29, 0.717) is 11.5 Å². The van der Waals surface area contributed by atoms with Crippen LogP contribution in [0.3, 0.4) is 0 Å². The van der Waals surface area contributed by atoms with Gasteiger partial charge in [0.2, 0.25) is 0 Å². The molecule has 0 amide bonds. The van der Waals surface area contributed by atoms with Crippen LogP contribution in [0, 0.1) is 11.3 Å². The summed E-state index contributed by atoms with van der Waals surface area (Å²) in [6.45, 7) is 9.51. The molecule has 1 aliphatic rings. The van der Waals surface area contributed by atoms with E-state index in [1.54, 1.807) is 0 Å². The molecule has 3 atom stereocenters. The molecule has 1 aliphatic carbocycles. The highest BCUT2D eigenvalue weighted by atomic mass is 16.3. The van der Waals surface area contributed by atoms with Crippen LogP contribution < -0.4 is 5.32 Å². The molecule has 2 heteroatoms. The Hall–Kier alpha value is -0.0800. The molecule has 2 nitrogen and oxygen atoms in total. The second-order valence-electron chi connectivity index (χ2n) is 5.41. The minimum Gasteiger partial charge on any atom is -0.392 e. The summed E-state index contributed by atoms with van der Waals surface area (Å²) in [5.74, 6) is 0.744. The molecule has 0 aromatic rings. The molecule has 0 aliphatic heterocycles. The largest absolute Gasteiger partial charge is 0.392 e. The molecule has 0 saturated heterocycles. The first-order chi connectivity index (χ1) is 5.91. The lowest BCUT2D eigenvalue weighted by molar-refractivity contribution is 0.182. The van der Waals surface area contributed by atoms with Crippen molar-refractivity contribution < 1.29 is 5.11 Å². The summed E-state index contributed by atoms with van der Waals surface area (Å²) in [5, 5.41) is 12.6. The molecule has 0 radical (unpaired) electrons. The summed E-state index contributed by atoms with van der Waals surface area (Å²) in [4.78, 5) is 0. The van der Waals surface area contributed by atoms with Crippen LogP contribution in [0.15, 0.2) is 0 Å². The summed E-state index contributed by atoms with van der Waals surface area (Å²) in [6.07, 6.45) is 2.31. The molecule has 0 aromatic carbocycles. The Balaban J connectivity index is 2.35. The van der Waals surface area contributed by atoms with Crippen LogP contribution in [0.5, 0.6) is 0 Å². The van der Waals surface area contributed by atoms with Crippen molar-refractivity contribution in [2.24, 2.45) is 11.3 Å². The quantitative estimate of drug-likeness (QED) is 0.702. The molecule has 1 fully saturated rings. The van der Waals surface area contributed by atoms with Crippen LogP contribution in [0.1, 0.15) is 40.5 Å². The van der Waals surface area contributed by atoms with Gasteiger partial charge in [-0.25, -0.2) is 0 Å². The molecule has 2 N–H and O–H groups in total. The molecule has 78 valence electrons. The highest BCUT2D eigenvalue weighted by Crippen LogP contribution is 2.40. The normalized spacial score (nSPS) is 34.8. The lowest BCUT2D eigenvalue weighted by Gasteiger charge is -2.19. The van der Waals surface area contributed by atoms with Crippen molar-refractivity contribution in [3.05, 3.63) is 0 Å². The maximum absolute atomic E-state index is 9.17. The molecular weight excluding hydrogens is 162 g/mol. The molecule has 13 heavy (non-hydrogen) atoms. The third-order valence-electron chi connectivity index (χ3n) is 3.01. The number of aliphatic hydroxyl groups is 1. The average Bonchev–Trinajstić information content (AvgIpc) is 2.20. The maximum atomic E-state index is 9.17. The minimum absolute atomic E-state index is 0.226. The van der Waals surface area contributed by atoms with Gasteiger partial charge in [0, 0.05) is 12.6 Å². The van der Waals surface area contributed by atoms with Crippen LogP contribution in [-0.4, -0.2) is 23.8 Å². The Kier molecular flexibility index (Phi) is 3.36. The summed E-state index contributed by atoms with van der Waals surface area (Å²) >= 11 is 0. The number of hydrogen-bond acceptors (Lipinski definition) is 2. The van der Waals surface area contributed by atoms with Crippen LogP contribution >= 0.6 is 0 Å². The highest BCUT2D eigenvalue weighted by Gasteiger charge is 2.36. The number of nitrogens with one attached hydrogen (secondary N) is 1. The van der Waals surface area contributed by atoms with E-state index in [2.05, 4.69) is 26.1 Å². The van der Waals surface area contributed by atoms with Gasteiger partial charge in [-0.15, -0.1) is 0 Å². The summed E-state index contributed by atoms with van der Waals surface area (Å²) in [7, 11) is 0. The fraction of sp³-hybridized carbons (Fsp3) is 1.00. The fourth-order valence-electron chi connectivity index (χ4n) is 2.49. The van der Waals surface area contributed by atoms with Gasteiger partial charge in [-0.1, -0.05) is 20.8 Å². The zero-order valence-corrected chi connectivity index (χ0v) is 9.30. The molecule has 0 heterocycles. The van der Waals surface area contributed by atoms with E-state index < -0.39 is 0 Å². The van der Waals surface area contributed by atoms with E-state index in [0.717, 1.165) is 12.5 Å². The van der Waals surface area contributed by atoms with Crippen molar-refractivity contribution in [1.82, 2.24) is 5.32 Å². The summed E-state index contributed by atoms with van der Waals surface area (Å²) < 4.78 is 0. The molecule has 1 rings (SSSR count). The van der Waals surface area contributed by atoms with E-state index in [-0.39, 0.29) is 6.10 Å². The predicted molar refractivity (Wildman–Crippen MR) is 55.7 cm³/mol. The van der Waals surface area contributed by atoms with Crippen molar-refractivity contribution >= 4 is 0 Å². The van der Waals surface area contributed by atoms with E-state index in [1.165, 1.54) is 12.8 Å². The number of hydrogen-bond donors (Lipinski definition) is 2. The molecule has 3 unspecified atom stereocenters. The van der Waals surface area contributed by atoms with Crippen molar-refractivity contribution in [1.29, 1.82) is 0 Å². The van der Waals surface area contributed by atoms with Gasteiger partial charge in [-0.05, 0) is 31.1 Å². The summed E-state index contributed by atoms with van der Waals surface area (Å²) in [5.41, 5.74) is 0.482. The predicted octanol–water partition coefficient (Wildman–Crippen LogP) is 1.78. The van der Waals surface area contributed by atoms with Crippen LogP contribution in [0.25, 0.3) is 0 Å². The van der Waals surface area contributed by atoms with Gasteiger partial charge in [0.05, 0.1) is 6.10 Å². The second-order valence-corrected chi connectivity index (χ2v) is 5.41. The first kappa shape index (κ1) is 11.0. The zero-order valence-electron chi connectivity index (χ0n) is 9.30. The molecule has 0 bridgehead atoms. The van der Waals surface area contributed by atoms with Crippen molar-refractivity contribution in [3.63, 3.8) is 0 Å². The zero-order chi connectivity index (χ0) is 10.1. The molecule has 0 spiro atoms. The number of rotatable bonds is 3. The van der Waals surface area contributed by atoms with Crippen molar-refractivity contribution in [2.45, 2.75) is 52.7 Å². The van der Waals surface area contributed by atoms with E-state index in [9.17, 15) is 0 Å². The van der Waals surface area contributed by atoms with Crippen LogP contribution in [0.4, 0.5) is 0 Å². The van der Waals surface area contributed by atoms with E-state index in [4.69, 9.17) is 5.11 Å². The van der Waals surface area contributed by atoms with Gasteiger partial charge in [0.1, 0.15) is 0 Å². The third kappa shape index (κ3) is 3.28. The molecular formula is C11H23NO. The van der Waals surface area contributed by atoms with Crippen molar-refractivity contribution in [3.8, 4) is 0 Å². The molecule has 0 aromatic heterocycles.